The third-order valence-corrected chi connectivity index (χ3v) is 5.86. The standard InChI is InChI=1S/C27H27N3O6/c31-25(32)16-19-6-9-23(10-7-19)35-18-20-12-14-30(15-13-20)27(34)36-24-11-8-22(17-28-24)29-26(33)21-4-2-1-3-5-21/h1-11,17,20H,12-16,18H2,(H,29,33)(H,31,32). The van der Waals surface area contributed by atoms with E-state index < -0.39 is 12.1 Å². The number of nitrogens with zero attached hydrogens (tertiary/aromatic N) is 2. The van der Waals surface area contributed by atoms with E-state index in [0.717, 1.165) is 18.4 Å². The van der Waals surface area contributed by atoms with Gasteiger partial charge in [0.25, 0.3) is 5.91 Å². The van der Waals surface area contributed by atoms with Gasteiger partial charge in [0, 0.05) is 24.7 Å². The summed E-state index contributed by atoms with van der Waals surface area (Å²) in [4.78, 5) is 41.3. The number of hydrogen-bond acceptors (Lipinski definition) is 6. The van der Waals surface area contributed by atoms with Crippen molar-refractivity contribution < 1.29 is 29.0 Å². The van der Waals surface area contributed by atoms with Crippen LogP contribution in [0, 0.1) is 5.92 Å². The Morgan fingerprint density at radius 2 is 1.69 bits per heavy atom. The van der Waals surface area contributed by atoms with Crippen molar-refractivity contribution in [2.45, 2.75) is 19.3 Å². The molecule has 0 spiro atoms. The summed E-state index contributed by atoms with van der Waals surface area (Å²) in [5, 5.41) is 11.6. The molecule has 4 rings (SSSR count). The third kappa shape index (κ3) is 7.05. The van der Waals surface area contributed by atoms with Gasteiger partial charge in [0.1, 0.15) is 5.75 Å². The minimum absolute atomic E-state index is 0.0146. The number of rotatable bonds is 8. The molecular formula is C27H27N3O6. The maximum atomic E-state index is 12.5. The Kier molecular flexibility index (Phi) is 8.12. The number of anilines is 1. The van der Waals surface area contributed by atoms with Gasteiger partial charge in [0.05, 0.1) is 24.9 Å². The number of likely N-dealkylation sites (tertiary alicyclic amines) is 1. The van der Waals surface area contributed by atoms with Crippen molar-refractivity contribution in [3.8, 4) is 11.6 Å². The van der Waals surface area contributed by atoms with Crippen LogP contribution in [0.15, 0.2) is 72.9 Å². The molecule has 2 amide bonds. The minimum Gasteiger partial charge on any atom is -0.493 e. The number of carboxylic acid groups (broad SMARTS) is 1. The van der Waals surface area contributed by atoms with Gasteiger partial charge in [0.2, 0.25) is 5.88 Å². The molecule has 1 aromatic heterocycles. The SMILES string of the molecule is O=C(O)Cc1ccc(OCC2CCN(C(=O)Oc3ccc(NC(=O)c4ccccc4)cn3)CC2)cc1. The van der Waals surface area contributed by atoms with Crippen molar-refractivity contribution in [1.82, 2.24) is 9.88 Å². The second-order valence-electron chi connectivity index (χ2n) is 8.53. The van der Waals surface area contributed by atoms with Crippen molar-refractivity contribution in [2.75, 3.05) is 25.0 Å². The summed E-state index contributed by atoms with van der Waals surface area (Å²) in [6, 6.07) is 19.1. The number of carbonyl (C=O) groups is 3. The van der Waals surface area contributed by atoms with Crippen LogP contribution in [0.5, 0.6) is 11.6 Å². The summed E-state index contributed by atoms with van der Waals surface area (Å²) >= 11 is 0. The van der Waals surface area contributed by atoms with Gasteiger partial charge in [-0.1, -0.05) is 30.3 Å². The van der Waals surface area contributed by atoms with Crippen LogP contribution in [-0.4, -0.2) is 52.7 Å². The molecule has 2 N–H and O–H groups in total. The van der Waals surface area contributed by atoms with E-state index in [1.807, 2.05) is 6.07 Å². The first-order valence-electron chi connectivity index (χ1n) is 11.7. The molecule has 1 saturated heterocycles. The molecule has 9 nitrogen and oxygen atoms in total. The first-order valence-corrected chi connectivity index (χ1v) is 11.7. The molecule has 0 atom stereocenters. The van der Waals surface area contributed by atoms with Crippen molar-refractivity contribution in [1.29, 1.82) is 0 Å². The van der Waals surface area contributed by atoms with Crippen molar-refractivity contribution >= 4 is 23.7 Å². The van der Waals surface area contributed by atoms with E-state index in [-0.39, 0.29) is 18.2 Å². The number of aliphatic carboxylic acids is 1. The minimum atomic E-state index is -0.867. The van der Waals surface area contributed by atoms with Gasteiger partial charge in [0.15, 0.2) is 0 Å². The number of amides is 2. The summed E-state index contributed by atoms with van der Waals surface area (Å²) in [6.07, 6.45) is 2.53. The Labute approximate surface area is 208 Å². The lowest BCUT2D eigenvalue weighted by Gasteiger charge is -2.31. The summed E-state index contributed by atoms with van der Waals surface area (Å²) in [5.74, 6) is 0.0478. The number of piperidine rings is 1. The second-order valence-corrected chi connectivity index (χ2v) is 8.53. The number of nitrogens with one attached hydrogen (secondary N) is 1. The molecular weight excluding hydrogens is 462 g/mol. The predicted molar refractivity (Wildman–Crippen MR) is 132 cm³/mol. The van der Waals surface area contributed by atoms with Crippen LogP contribution in [0.2, 0.25) is 0 Å². The fraction of sp³-hybridized carbons (Fsp3) is 0.259. The summed E-state index contributed by atoms with van der Waals surface area (Å²) in [6.45, 7) is 1.63. The van der Waals surface area contributed by atoms with Gasteiger partial charge >= 0.3 is 12.1 Å². The van der Waals surface area contributed by atoms with Crippen LogP contribution in [0.4, 0.5) is 10.5 Å². The molecule has 1 aliphatic heterocycles. The van der Waals surface area contributed by atoms with E-state index in [0.29, 0.717) is 42.6 Å². The number of benzene rings is 2. The zero-order chi connectivity index (χ0) is 25.3. The first kappa shape index (κ1) is 24.7. The number of pyridine rings is 1. The van der Waals surface area contributed by atoms with E-state index in [2.05, 4.69) is 10.3 Å². The lowest BCUT2D eigenvalue weighted by Crippen LogP contribution is -2.41. The quantitative estimate of drug-likeness (QED) is 0.486. The lowest BCUT2D eigenvalue weighted by molar-refractivity contribution is -0.136. The van der Waals surface area contributed by atoms with Gasteiger partial charge in [-0.2, -0.15) is 0 Å². The Balaban J connectivity index is 1.19. The number of hydrogen-bond donors (Lipinski definition) is 2. The van der Waals surface area contributed by atoms with Crippen molar-refractivity contribution in [3.05, 3.63) is 84.1 Å². The lowest BCUT2D eigenvalue weighted by atomic mass is 9.98. The highest BCUT2D eigenvalue weighted by molar-refractivity contribution is 6.04. The zero-order valence-corrected chi connectivity index (χ0v) is 19.6. The third-order valence-electron chi connectivity index (χ3n) is 5.86. The number of aromatic nitrogens is 1. The molecule has 1 fully saturated rings. The highest BCUT2D eigenvalue weighted by Crippen LogP contribution is 2.21. The molecule has 0 saturated carbocycles. The highest BCUT2D eigenvalue weighted by Gasteiger charge is 2.25. The molecule has 2 aromatic carbocycles. The van der Waals surface area contributed by atoms with Crippen LogP contribution in [0.3, 0.4) is 0 Å². The molecule has 0 unspecified atom stereocenters. The molecule has 36 heavy (non-hydrogen) atoms. The van der Waals surface area contributed by atoms with Gasteiger partial charge in [-0.15, -0.1) is 0 Å². The molecule has 0 aliphatic carbocycles. The van der Waals surface area contributed by atoms with Gasteiger partial charge in [-0.25, -0.2) is 9.78 Å². The number of carboxylic acids is 1. The Bertz CT molecular complexity index is 1170. The Morgan fingerprint density at radius 3 is 2.33 bits per heavy atom. The van der Waals surface area contributed by atoms with Crippen LogP contribution < -0.4 is 14.8 Å². The van der Waals surface area contributed by atoms with E-state index >= 15 is 0 Å². The Morgan fingerprint density at radius 1 is 0.972 bits per heavy atom. The normalized spacial score (nSPS) is 13.6. The average Bonchev–Trinajstić information content (AvgIpc) is 2.90. The molecule has 186 valence electrons. The van der Waals surface area contributed by atoms with Gasteiger partial charge < -0.3 is 24.8 Å². The first-order chi connectivity index (χ1) is 17.5. The van der Waals surface area contributed by atoms with Gasteiger partial charge in [-0.05, 0) is 54.7 Å². The largest absolute Gasteiger partial charge is 0.493 e. The van der Waals surface area contributed by atoms with Crippen LogP contribution in [-0.2, 0) is 11.2 Å². The topological polar surface area (TPSA) is 118 Å². The molecule has 1 aliphatic rings. The molecule has 9 heteroatoms. The zero-order valence-electron chi connectivity index (χ0n) is 19.6. The molecule has 3 aromatic rings. The number of carbonyl (C=O) groups excluding carboxylic acids is 2. The van der Waals surface area contributed by atoms with Gasteiger partial charge in [-0.3, -0.25) is 9.59 Å². The summed E-state index contributed by atoms with van der Waals surface area (Å²) < 4.78 is 11.2. The van der Waals surface area contributed by atoms with E-state index in [9.17, 15) is 14.4 Å². The Hall–Kier alpha value is -4.40. The summed E-state index contributed by atoms with van der Waals surface area (Å²) in [7, 11) is 0. The maximum absolute atomic E-state index is 12.5. The average molecular weight is 490 g/mol. The van der Waals surface area contributed by atoms with E-state index in [1.54, 1.807) is 65.6 Å². The second kappa shape index (κ2) is 11.8. The fourth-order valence-corrected chi connectivity index (χ4v) is 3.84. The maximum Gasteiger partial charge on any atom is 0.416 e. The fourth-order valence-electron chi connectivity index (χ4n) is 3.84. The monoisotopic (exact) mass is 489 g/mol. The van der Waals surface area contributed by atoms with Crippen LogP contribution in [0.1, 0.15) is 28.8 Å². The smallest absolute Gasteiger partial charge is 0.416 e. The molecule has 0 bridgehead atoms. The van der Waals surface area contributed by atoms with E-state index in [4.69, 9.17) is 14.6 Å². The number of ether oxygens (including phenoxy) is 2. The van der Waals surface area contributed by atoms with Crippen molar-refractivity contribution in [2.24, 2.45) is 5.92 Å². The van der Waals surface area contributed by atoms with Crippen LogP contribution in [0.25, 0.3) is 0 Å². The van der Waals surface area contributed by atoms with Crippen LogP contribution >= 0.6 is 0 Å². The van der Waals surface area contributed by atoms with E-state index in [1.165, 1.54) is 6.20 Å². The predicted octanol–water partition coefficient (Wildman–Crippen LogP) is 4.25. The van der Waals surface area contributed by atoms with Crippen molar-refractivity contribution in [3.63, 3.8) is 0 Å². The highest BCUT2D eigenvalue weighted by atomic mass is 16.6. The summed E-state index contributed by atoms with van der Waals surface area (Å²) in [5.41, 5.74) is 1.76. The molecule has 2 heterocycles. The molecule has 0 radical (unpaired) electrons.